The number of methoxy groups -OCH3 is 3. The van der Waals surface area contributed by atoms with Crippen LogP contribution in [0.5, 0.6) is 17.2 Å². The molecule has 0 aliphatic heterocycles. The van der Waals surface area contributed by atoms with Crippen molar-refractivity contribution in [3.8, 4) is 17.2 Å². The van der Waals surface area contributed by atoms with Crippen molar-refractivity contribution in [2.24, 2.45) is 0 Å². The van der Waals surface area contributed by atoms with Crippen LogP contribution in [0.2, 0.25) is 0 Å². The molecular weight excluding hydrogens is 370 g/mol. The van der Waals surface area contributed by atoms with E-state index in [0.29, 0.717) is 34.7 Å². The van der Waals surface area contributed by atoms with E-state index < -0.39 is 0 Å². The minimum atomic E-state index is 0.400. The van der Waals surface area contributed by atoms with Crippen LogP contribution in [0, 0.1) is 20.8 Å². The molecule has 3 aromatic rings. The molecule has 0 aliphatic carbocycles. The van der Waals surface area contributed by atoms with E-state index in [9.17, 15) is 0 Å². The lowest BCUT2D eigenvalue weighted by molar-refractivity contribution is 0.324. The van der Waals surface area contributed by atoms with Crippen LogP contribution in [0.4, 0.5) is 23.1 Å². The van der Waals surface area contributed by atoms with Crippen LogP contribution >= 0.6 is 0 Å². The Hall–Kier alpha value is -3.55. The van der Waals surface area contributed by atoms with E-state index in [2.05, 4.69) is 44.9 Å². The smallest absolute Gasteiger partial charge is 0.249 e. The van der Waals surface area contributed by atoms with Crippen molar-refractivity contribution >= 4 is 23.1 Å². The minimum Gasteiger partial charge on any atom is -0.493 e. The largest absolute Gasteiger partial charge is 0.493 e. The van der Waals surface area contributed by atoms with Gasteiger partial charge in [-0.15, -0.1) is 5.10 Å². The summed E-state index contributed by atoms with van der Waals surface area (Å²) in [6.07, 6.45) is 1.54. The minimum absolute atomic E-state index is 0.400. The Balaban J connectivity index is 1.88. The Morgan fingerprint density at radius 1 is 0.793 bits per heavy atom. The van der Waals surface area contributed by atoms with Gasteiger partial charge in [-0.1, -0.05) is 17.7 Å². The van der Waals surface area contributed by atoms with Crippen molar-refractivity contribution in [3.05, 3.63) is 47.2 Å². The average molecular weight is 395 g/mol. The molecule has 0 spiro atoms. The quantitative estimate of drug-likeness (QED) is 0.612. The molecule has 2 N–H and O–H groups in total. The second kappa shape index (κ2) is 8.64. The number of nitrogens with one attached hydrogen (secondary N) is 2. The van der Waals surface area contributed by atoms with E-state index in [1.807, 2.05) is 13.8 Å². The van der Waals surface area contributed by atoms with Gasteiger partial charge in [0.1, 0.15) is 0 Å². The maximum absolute atomic E-state index is 5.39. The molecule has 0 aliphatic rings. The van der Waals surface area contributed by atoms with Gasteiger partial charge < -0.3 is 24.8 Å². The van der Waals surface area contributed by atoms with Gasteiger partial charge in [-0.25, -0.2) is 0 Å². The van der Waals surface area contributed by atoms with E-state index in [-0.39, 0.29) is 0 Å². The van der Waals surface area contributed by atoms with Crippen molar-refractivity contribution in [2.45, 2.75) is 20.8 Å². The Morgan fingerprint density at radius 3 is 1.97 bits per heavy atom. The fourth-order valence-corrected chi connectivity index (χ4v) is 3.21. The summed E-state index contributed by atoms with van der Waals surface area (Å²) >= 11 is 0. The SMILES string of the molecule is COc1cc(Nc2cnnc(Nc3c(C)cc(C)cc3C)n2)cc(OC)c1OC. The van der Waals surface area contributed by atoms with Gasteiger partial charge in [0.05, 0.1) is 27.5 Å². The lowest BCUT2D eigenvalue weighted by atomic mass is 10.1. The van der Waals surface area contributed by atoms with E-state index in [1.54, 1.807) is 39.7 Å². The summed E-state index contributed by atoms with van der Waals surface area (Å²) in [5.74, 6) is 2.53. The number of rotatable bonds is 7. The summed E-state index contributed by atoms with van der Waals surface area (Å²) in [6, 6.07) is 7.82. The first-order valence-corrected chi connectivity index (χ1v) is 9.06. The second-order valence-electron chi connectivity index (χ2n) is 6.60. The van der Waals surface area contributed by atoms with Gasteiger partial charge in [0.2, 0.25) is 11.7 Å². The molecule has 8 heteroatoms. The van der Waals surface area contributed by atoms with Gasteiger partial charge in [0.25, 0.3) is 0 Å². The average Bonchev–Trinajstić information content (AvgIpc) is 2.70. The van der Waals surface area contributed by atoms with Gasteiger partial charge in [-0.2, -0.15) is 10.1 Å². The molecule has 8 nitrogen and oxygen atoms in total. The monoisotopic (exact) mass is 395 g/mol. The molecule has 0 atom stereocenters. The summed E-state index contributed by atoms with van der Waals surface area (Å²) in [7, 11) is 4.71. The maximum atomic E-state index is 5.39. The van der Waals surface area contributed by atoms with Crippen LogP contribution in [-0.2, 0) is 0 Å². The van der Waals surface area contributed by atoms with Gasteiger partial charge in [0.15, 0.2) is 17.3 Å². The highest BCUT2D eigenvalue weighted by atomic mass is 16.5. The Kier molecular flexibility index (Phi) is 6.01. The third-order valence-corrected chi connectivity index (χ3v) is 4.41. The third-order valence-electron chi connectivity index (χ3n) is 4.41. The molecule has 0 radical (unpaired) electrons. The normalized spacial score (nSPS) is 10.4. The topological polar surface area (TPSA) is 90.4 Å². The Morgan fingerprint density at radius 2 is 1.41 bits per heavy atom. The van der Waals surface area contributed by atoms with E-state index >= 15 is 0 Å². The fourth-order valence-electron chi connectivity index (χ4n) is 3.21. The van der Waals surface area contributed by atoms with Crippen LogP contribution < -0.4 is 24.8 Å². The number of aromatic nitrogens is 3. The summed E-state index contributed by atoms with van der Waals surface area (Å²) < 4.78 is 16.1. The fraction of sp³-hybridized carbons (Fsp3) is 0.286. The zero-order chi connectivity index (χ0) is 21.0. The number of hydrogen-bond donors (Lipinski definition) is 2. The number of benzene rings is 2. The summed E-state index contributed by atoms with van der Waals surface area (Å²) in [5, 5.41) is 14.6. The molecule has 0 saturated heterocycles. The van der Waals surface area contributed by atoms with E-state index in [0.717, 1.165) is 16.8 Å². The van der Waals surface area contributed by atoms with Crippen LogP contribution in [-0.4, -0.2) is 36.5 Å². The molecule has 152 valence electrons. The molecule has 1 heterocycles. The first kappa shape index (κ1) is 20.2. The first-order chi connectivity index (χ1) is 13.9. The predicted octanol–water partition coefficient (Wildman–Crippen LogP) is 4.31. The molecule has 0 saturated carbocycles. The summed E-state index contributed by atoms with van der Waals surface area (Å²) in [4.78, 5) is 4.51. The van der Waals surface area contributed by atoms with Crippen molar-refractivity contribution in [2.75, 3.05) is 32.0 Å². The molecular formula is C21H25N5O3. The summed E-state index contributed by atoms with van der Waals surface area (Å²) in [5.41, 5.74) is 5.14. The number of anilines is 4. The highest BCUT2D eigenvalue weighted by Gasteiger charge is 2.14. The van der Waals surface area contributed by atoms with Crippen LogP contribution in [0.15, 0.2) is 30.5 Å². The van der Waals surface area contributed by atoms with Gasteiger partial charge in [-0.3, -0.25) is 0 Å². The zero-order valence-corrected chi connectivity index (χ0v) is 17.5. The number of nitrogens with zero attached hydrogens (tertiary/aromatic N) is 3. The standard InChI is InChI=1S/C21H25N5O3/c1-12-7-13(2)19(14(3)8-12)25-21-24-18(11-22-26-21)23-15-9-16(27-4)20(29-6)17(10-15)28-5/h7-11H,1-6H3,(H2,23,24,25,26). The second-order valence-corrected chi connectivity index (χ2v) is 6.60. The lowest BCUT2D eigenvalue weighted by Crippen LogP contribution is -2.05. The number of ether oxygens (including phenoxy) is 3. The molecule has 0 amide bonds. The number of aryl methyl sites for hydroxylation is 3. The summed E-state index contributed by atoms with van der Waals surface area (Å²) in [6.45, 7) is 6.17. The van der Waals surface area contributed by atoms with Crippen molar-refractivity contribution in [1.82, 2.24) is 15.2 Å². The molecule has 3 rings (SSSR count). The molecule has 0 fully saturated rings. The van der Waals surface area contributed by atoms with Crippen molar-refractivity contribution in [1.29, 1.82) is 0 Å². The Bertz CT molecular complexity index is 975. The van der Waals surface area contributed by atoms with E-state index in [4.69, 9.17) is 14.2 Å². The molecule has 29 heavy (non-hydrogen) atoms. The third kappa shape index (κ3) is 4.48. The predicted molar refractivity (Wildman–Crippen MR) is 113 cm³/mol. The van der Waals surface area contributed by atoms with Gasteiger partial charge in [-0.05, 0) is 31.9 Å². The molecule has 0 unspecified atom stereocenters. The zero-order valence-electron chi connectivity index (χ0n) is 17.5. The lowest BCUT2D eigenvalue weighted by Gasteiger charge is -2.15. The van der Waals surface area contributed by atoms with Gasteiger partial charge in [0, 0.05) is 23.5 Å². The van der Waals surface area contributed by atoms with E-state index in [1.165, 1.54) is 5.56 Å². The van der Waals surface area contributed by atoms with Gasteiger partial charge >= 0.3 is 0 Å². The van der Waals surface area contributed by atoms with Crippen LogP contribution in [0.1, 0.15) is 16.7 Å². The van der Waals surface area contributed by atoms with Crippen LogP contribution in [0.25, 0.3) is 0 Å². The first-order valence-electron chi connectivity index (χ1n) is 9.06. The van der Waals surface area contributed by atoms with Crippen LogP contribution in [0.3, 0.4) is 0 Å². The molecule has 1 aromatic heterocycles. The van der Waals surface area contributed by atoms with Crippen molar-refractivity contribution < 1.29 is 14.2 Å². The molecule has 0 bridgehead atoms. The maximum Gasteiger partial charge on any atom is 0.249 e. The highest BCUT2D eigenvalue weighted by Crippen LogP contribution is 2.40. The molecule has 2 aromatic carbocycles. The Labute approximate surface area is 170 Å². The number of hydrogen-bond acceptors (Lipinski definition) is 8. The van der Waals surface area contributed by atoms with Crippen molar-refractivity contribution in [3.63, 3.8) is 0 Å². The highest BCUT2D eigenvalue weighted by molar-refractivity contribution is 5.68.